The van der Waals surface area contributed by atoms with Crippen molar-refractivity contribution in [3.05, 3.63) is 53.2 Å². The molecule has 0 spiro atoms. The first-order valence-corrected chi connectivity index (χ1v) is 12.3. The second kappa shape index (κ2) is 7.75. The van der Waals surface area contributed by atoms with E-state index in [1.165, 1.54) is 6.07 Å². The van der Waals surface area contributed by atoms with Crippen LogP contribution >= 0.6 is 0 Å². The van der Waals surface area contributed by atoms with Gasteiger partial charge in [-0.05, 0) is 24.2 Å². The zero-order valence-electron chi connectivity index (χ0n) is 15.3. The second-order valence-corrected chi connectivity index (χ2v) is 12.9. The highest BCUT2D eigenvalue weighted by Gasteiger charge is 2.15. The van der Waals surface area contributed by atoms with Gasteiger partial charge in [0.1, 0.15) is 6.73 Å². The zero-order chi connectivity index (χ0) is 18.6. The Bertz CT molecular complexity index is 915. The average Bonchev–Trinajstić information content (AvgIpc) is 3.03. The number of nitrogens with zero attached hydrogens (tertiary/aromatic N) is 4. The van der Waals surface area contributed by atoms with Gasteiger partial charge in [0.15, 0.2) is 11.6 Å². The summed E-state index contributed by atoms with van der Waals surface area (Å²) in [4.78, 5) is 22.9. The van der Waals surface area contributed by atoms with E-state index >= 15 is 0 Å². The topological polar surface area (TPSA) is 85.7 Å². The van der Waals surface area contributed by atoms with Crippen molar-refractivity contribution in [3.8, 4) is 22.8 Å². The van der Waals surface area contributed by atoms with E-state index in [0.717, 1.165) is 11.6 Å². The van der Waals surface area contributed by atoms with Crippen LogP contribution in [0.1, 0.15) is 0 Å². The summed E-state index contributed by atoms with van der Waals surface area (Å²) in [5.41, 5.74) is 1.39. The van der Waals surface area contributed by atoms with E-state index in [1.807, 2.05) is 12.1 Å². The molecule has 7 nitrogen and oxygen atoms in total. The lowest BCUT2D eigenvalue weighted by molar-refractivity contribution is 0.0797. The molecule has 1 N–H and O–H groups in total. The molecule has 8 heteroatoms. The van der Waals surface area contributed by atoms with E-state index in [0.29, 0.717) is 30.5 Å². The standard InChI is InChI=1S/C18H23N5O2Si/c1-26(2,3)11-10-25-13-23-18(15-6-9-20-16(24)12-15)21-17(22-23)14-4-7-19-8-5-14/h4-9,12H,10-11,13H2,1-3H3,(H,20,24). The van der Waals surface area contributed by atoms with Gasteiger partial charge in [0.05, 0.1) is 0 Å². The number of aromatic nitrogens is 5. The van der Waals surface area contributed by atoms with E-state index in [4.69, 9.17) is 4.74 Å². The first-order chi connectivity index (χ1) is 12.4. The number of rotatable bonds is 7. The Balaban J connectivity index is 1.88. The summed E-state index contributed by atoms with van der Waals surface area (Å²) in [6, 6.07) is 8.11. The van der Waals surface area contributed by atoms with Crippen LogP contribution in [0.4, 0.5) is 0 Å². The Kier molecular flexibility index (Phi) is 5.43. The second-order valence-electron chi connectivity index (χ2n) is 7.28. The van der Waals surface area contributed by atoms with Crippen LogP contribution in [0.15, 0.2) is 47.7 Å². The van der Waals surface area contributed by atoms with Crippen molar-refractivity contribution in [1.29, 1.82) is 0 Å². The molecule has 0 amide bonds. The number of hydrogen-bond acceptors (Lipinski definition) is 5. The monoisotopic (exact) mass is 369 g/mol. The summed E-state index contributed by atoms with van der Waals surface area (Å²) in [6.07, 6.45) is 5.01. The van der Waals surface area contributed by atoms with Gasteiger partial charge < -0.3 is 9.72 Å². The van der Waals surface area contributed by atoms with Gasteiger partial charge in [0, 0.05) is 50.5 Å². The summed E-state index contributed by atoms with van der Waals surface area (Å²) in [6.45, 7) is 7.93. The maximum Gasteiger partial charge on any atom is 0.248 e. The van der Waals surface area contributed by atoms with Crippen molar-refractivity contribution in [1.82, 2.24) is 24.7 Å². The molecule has 3 aromatic heterocycles. The summed E-state index contributed by atoms with van der Waals surface area (Å²) in [5.74, 6) is 1.19. The molecular formula is C18H23N5O2Si. The summed E-state index contributed by atoms with van der Waals surface area (Å²) in [5, 5.41) is 4.57. The molecule has 0 saturated heterocycles. The van der Waals surface area contributed by atoms with Crippen LogP contribution in [0.3, 0.4) is 0 Å². The van der Waals surface area contributed by atoms with Gasteiger partial charge in [0.25, 0.3) is 0 Å². The quantitative estimate of drug-likeness (QED) is 0.511. The van der Waals surface area contributed by atoms with Gasteiger partial charge in [-0.15, -0.1) is 5.10 Å². The fourth-order valence-corrected chi connectivity index (χ4v) is 3.14. The van der Waals surface area contributed by atoms with Crippen LogP contribution in [0.5, 0.6) is 0 Å². The lowest BCUT2D eigenvalue weighted by atomic mass is 10.2. The van der Waals surface area contributed by atoms with Gasteiger partial charge in [-0.3, -0.25) is 9.78 Å². The smallest absolute Gasteiger partial charge is 0.248 e. The molecule has 0 unspecified atom stereocenters. The Morgan fingerprint density at radius 2 is 1.92 bits per heavy atom. The number of hydrogen-bond donors (Lipinski definition) is 1. The highest BCUT2D eigenvalue weighted by Crippen LogP contribution is 2.21. The molecule has 136 valence electrons. The predicted molar refractivity (Wildman–Crippen MR) is 103 cm³/mol. The van der Waals surface area contributed by atoms with E-state index < -0.39 is 8.07 Å². The average molecular weight is 370 g/mol. The van der Waals surface area contributed by atoms with E-state index in [9.17, 15) is 4.79 Å². The van der Waals surface area contributed by atoms with E-state index in [-0.39, 0.29) is 5.56 Å². The molecule has 3 aromatic rings. The highest BCUT2D eigenvalue weighted by molar-refractivity contribution is 6.76. The molecule has 3 heterocycles. The molecule has 0 bridgehead atoms. The van der Waals surface area contributed by atoms with Gasteiger partial charge >= 0.3 is 0 Å². The Morgan fingerprint density at radius 1 is 1.15 bits per heavy atom. The van der Waals surface area contributed by atoms with Gasteiger partial charge in [-0.2, -0.15) is 0 Å². The predicted octanol–water partition coefficient (Wildman–Crippen LogP) is 3.01. The van der Waals surface area contributed by atoms with Crippen molar-refractivity contribution in [2.24, 2.45) is 0 Å². The zero-order valence-corrected chi connectivity index (χ0v) is 16.3. The molecule has 0 saturated carbocycles. The van der Waals surface area contributed by atoms with Crippen LogP contribution < -0.4 is 5.56 Å². The molecule has 26 heavy (non-hydrogen) atoms. The Morgan fingerprint density at radius 3 is 2.62 bits per heavy atom. The largest absolute Gasteiger partial charge is 0.359 e. The van der Waals surface area contributed by atoms with Crippen LogP contribution in [-0.2, 0) is 11.5 Å². The van der Waals surface area contributed by atoms with Gasteiger partial charge in [-0.1, -0.05) is 19.6 Å². The fraction of sp³-hybridized carbons (Fsp3) is 0.333. The first kappa shape index (κ1) is 18.2. The van der Waals surface area contributed by atoms with Crippen molar-refractivity contribution in [2.45, 2.75) is 32.4 Å². The number of pyridine rings is 2. The molecule has 3 rings (SSSR count). The molecule has 0 atom stereocenters. The lowest BCUT2D eigenvalue weighted by Gasteiger charge is -2.15. The maximum atomic E-state index is 11.7. The van der Waals surface area contributed by atoms with Crippen LogP contribution in [-0.4, -0.2) is 39.4 Å². The van der Waals surface area contributed by atoms with Crippen molar-refractivity contribution in [3.63, 3.8) is 0 Å². The third-order valence-corrected chi connectivity index (χ3v) is 5.56. The first-order valence-electron chi connectivity index (χ1n) is 8.54. The number of H-pyrrole nitrogens is 1. The third kappa shape index (κ3) is 4.74. The summed E-state index contributed by atoms with van der Waals surface area (Å²) >= 11 is 0. The molecule has 0 aliphatic carbocycles. The van der Waals surface area contributed by atoms with Gasteiger partial charge in [-0.25, -0.2) is 9.67 Å². The molecule has 0 aromatic carbocycles. The fourth-order valence-electron chi connectivity index (χ4n) is 2.38. The van der Waals surface area contributed by atoms with E-state index in [1.54, 1.807) is 29.3 Å². The summed E-state index contributed by atoms with van der Waals surface area (Å²) < 4.78 is 7.54. The van der Waals surface area contributed by atoms with Crippen LogP contribution in [0.2, 0.25) is 25.7 Å². The van der Waals surface area contributed by atoms with E-state index in [2.05, 4.69) is 39.7 Å². The van der Waals surface area contributed by atoms with Crippen molar-refractivity contribution in [2.75, 3.05) is 6.61 Å². The SMILES string of the molecule is C[Si](C)(C)CCOCn1nc(-c2ccncc2)nc1-c1cc[nH]c(=O)c1. The Hall–Kier alpha value is -2.58. The number of nitrogens with one attached hydrogen (secondary N) is 1. The molecule has 0 aliphatic rings. The van der Waals surface area contributed by atoms with Crippen LogP contribution in [0.25, 0.3) is 22.8 Å². The molecule has 0 radical (unpaired) electrons. The molecular weight excluding hydrogens is 346 g/mol. The minimum absolute atomic E-state index is 0.179. The van der Waals surface area contributed by atoms with Crippen molar-refractivity contribution < 1.29 is 4.74 Å². The highest BCUT2D eigenvalue weighted by atomic mass is 28.3. The number of ether oxygens (including phenoxy) is 1. The number of aromatic amines is 1. The minimum atomic E-state index is -1.15. The normalized spacial score (nSPS) is 11.7. The van der Waals surface area contributed by atoms with Gasteiger partial charge in [0.2, 0.25) is 5.56 Å². The molecule has 0 aliphatic heterocycles. The lowest BCUT2D eigenvalue weighted by Crippen LogP contribution is -2.22. The maximum absolute atomic E-state index is 11.7. The van der Waals surface area contributed by atoms with Crippen molar-refractivity contribution >= 4 is 8.07 Å². The summed E-state index contributed by atoms with van der Waals surface area (Å²) in [7, 11) is -1.15. The minimum Gasteiger partial charge on any atom is -0.359 e. The van der Waals surface area contributed by atoms with Crippen LogP contribution in [0, 0.1) is 0 Å². The molecule has 0 fully saturated rings. The Labute approximate surface area is 153 Å². The third-order valence-electron chi connectivity index (χ3n) is 3.85.